The summed E-state index contributed by atoms with van der Waals surface area (Å²) in [5, 5.41) is 14.0. The molecule has 156 valence electrons. The van der Waals surface area contributed by atoms with Gasteiger partial charge in [-0.3, -0.25) is 4.40 Å². The molecule has 0 spiro atoms. The number of aromatic nitrogens is 4. The van der Waals surface area contributed by atoms with Gasteiger partial charge in [0.15, 0.2) is 17.5 Å². The van der Waals surface area contributed by atoms with Crippen molar-refractivity contribution in [3.05, 3.63) is 29.6 Å². The zero-order valence-corrected chi connectivity index (χ0v) is 16.8. The summed E-state index contributed by atoms with van der Waals surface area (Å²) < 4.78 is 34.1. The number of unbranched alkanes of at least 4 members (excludes halogenated alkanes) is 1. The molecule has 10 heteroatoms. The Bertz CT molecular complexity index is 1040. The fraction of sp³-hybridized carbons (Fsp3) is 0.474. The van der Waals surface area contributed by atoms with Crippen LogP contribution in [0.15, 0.2) is 12.1 Å². The molecule has 2 aromatic heterocycles. The standard InChI is InChI=1S/C19H24F2N6O2/c1-11-25-26-17-16(22-7-5-6-8-23-18(28)29-19(2,3)4)24-14-9-12(20)13(21)10-15(14)27(11)17/h9-10H,5-8H2,1-4H3,(H,22,24)(H,23,28). The number of aryl methyl sites for hydroxylation is 1. The number of benzene rings is 1. The number of nitrogens with one attached hydrogen (secondary N) is 2. The maximum absolute atomic E-state index is 13.7. The summed E-state index contributed by atoms with van der Waals surface area (Å²) in [5.41, 5.74) is 0.604. The highest BCUT2D eigenvalue weighted by Crippen LogP contribution is 2.23. The van der Waals surface area contributed by atoms with E-state index >= 15 is 0 Å². The van der Waals surface area contributed by atoms with Crippen LogP contribution in [0.1, 0.15) is 39.4 Å². The van der Waals surface area contributed by atoms with E-state index < -0.39 is 23.3 Å². The van der Waals surface area contributed by atoms with Crippen LogP contribution < -0.4 is 10.6 Å². The predicted octanol–water partition coefficient (Wildman–Crippen LogP) is 3.58. The fourth-order valence-corrected chi connectivity index (χ4v) is 2.85. The van der Waals surface area contributed by atoms with Crippen molar-refractivity contribution in [2.24, 2.45) is 0 Å². The summed E-state index contributed by atoms with van der Waals surface area (Å²) in [5.74, 6) is -0.937. The second-order valence-electron chi connectivity index (χ2n) is 7.68. The molecule has 29 heavy (non-hydrogen) atoms. The predicted molar refractivity (Wildman–Crippen MR) is 105 cm³/mol. The number of carbonyl (C=O) groups is 1. The van der Waals surface area contributed by atoms with E-state index in [0.29, 0.717) is 41.4 Å². The highest BCUT2D eigenvalue weighted by molar-refractivity contribution is 5.83. The molecule has 2 N–H and O–H groups in total. The summed E-state index contributed by atoms with van der Waals surface area (Å²) in [6, 6.07) is 2.15. The average molecular weight is 406 g/mol. The first-order chi connectivity index (χ1) is 13.7. The molecule has 0 atom stereocenters. The maximum atomic E-state index is 13.7. The van der Waals surface area contributed by atoms with E-state index in [9.17, 15) is 13.6 Å². The van der Waals surface area contributed by atoms with Crippen molar-refractivity contribution in [3.63, 3.8) is 0 Å². The van der Waals surface area contributed by atoms with Gasteiger partial charge in [-0.05, 0) is 40.5 Å². The number of alkyl carbamates (subject to hydrolysis) is 1. The largest absolute Gasteiger partial charge is 0.444 e. The molecule has 0 saturated carbocycles. The van der Waals surface area contributed by atoms with Crippen LogP contribution in [0.5, 0.6) is 0 Å². The zero-order chi connectivity index (χ0) is 21.2. The van der Waals surface area contributed by atoms with Crippen LogP contribution in [0.4, 0.5) is 19.4 Å². The third-order valence-corrected chi connectivity index (χ3v) is 4.09. The smallest absolute Gasteiger partial charge is 0.407 e. The Morgan fingerprint density at radius 1 is 1.14 bits per heavy atom. The molecule has 0 bridgehead atoms. The van der Waals surface area contributed by atoms with Gasteiger partial charge in [-0.2, -0.15) is 0 Å². The van der Waals surface area contributed by atoms with Gasteiger partial charge >= 0.3 is 6.09 Å². The average Bonchev–Trinajstić information content (AvgIpc) is 3.00. The number of hydrogen-bond acceptors (Lipinski definition) is 6. The molecule has 0 aliphatic heterocycles. The monoisotopic (exact) mass is 406 g/mol. The van der Waals surface area contributed by atoms with Crippen molar-refractivity contribution in [2.45, 2.75) is 46.1 Å². The van der Waals surface area contributed by atoms with Crippen molar-refractivity contribution in [3.8, 4) is 0 Å². The minimum Gasteiger partial charge on any atom is -0.444 e. The molecule has 0 saturated heterocycles. The van der Waals surface area contributed by atoms with Gasteiger partial charge in [-0.25, -0.2) is 18.6 Å². The highest BCUT2D eigenvalue weighted by atomic mass is 19.2. The van der Waals surface area contributed by atoms with Crippen molar-refractivity contribution in [1.29, 1.82) is 0 Å². The van der Waals surface area contributed by atoms with Gasteiger partial charge in [0.2, 0.25) is 5.65 Å². The van der Waals surface area contributed by atoms with Crippen LogP contribution in [-0.2, 0) is 4.74 Å². The lowest BCUT2D eigenvalue weighted by atomic mass is 10.2. The quantitative estimate of drug-likeness (QED) is 0.608. The molecule has 1 aromatic carbocycles. The van der Waals surface area contributed by atoms with E-state index in [1.807, 2.05) is 0 Å². The molecule has 0 radical (unpaired) electrons. The molecular weight excluding hydrogens is 382 g/mol. The molecule has 3 rings (SSSR count). The number of nitrogens with zero attached hydrogens (tertiary/aromatic N) is 4. The zero-order valence-electron chi connectivity index (χ0n) is 16.8. The second kappa shape index (κ2) is 8.14. The minimum atomic E-state index is -0.964. The number of halogens is 2. The van der Waals surface area contributed by atoms with Crippen LogP contribution in [-0.4, -0.2) is 44.4 Å². The first-order valence-corrected chi connectivity index (χ1v) is 9.37. The summed E-state index contributed by atoms with van der Waals surface area (Å²) in [7, 11) is 0. The topological polar surface area (TPSA) is 93.4 Å². The molecule has 1 amide bonds. The number of fused-ring (bicyclic) bond motifs is 3. The minimum absolute atomic E-state index is 0.299. The van der Waals surface area contributed by atoms with E-state index in [2.05, 4.69) is 25.8 Å². The number of amides is 1. The molecule has 3 aromatic rings. The van der Waals surface area contributed by atoms with E-state index in [-0.39, 0.29) is 0 Å². The summed E-state index contributed by atoms with van der Waals surface area (Å²) >= 11 is 0. The van der Waals surface area contributed by atoms with Gasteiger partial charge in [0.25, 0.3) is 0 Å². The Labute approximate surface area is 166 Å². The maximum Gasteiger partial charge on any atom is 0.407 e. The lowest BCUT2D eigenvalue weighted by Crippen LogP contribution is -2.33. The summed E-state index contributed by atoms with van der Waals surface area (Å²) in [4.78, 5) is 16.0. The van der Waals surface area contributed by atoms with Crippen molar-refractivity contribution in [1.82, 2.24) is 24.9 Å². The molecule has 0 aliphatic rings. The SMILES string of the molecule is Cc1nnc2c(NCCCCNC(=O)OC(C)(C)C)nc3cc(F)c(F)cc3n12. The van der Waals surface area contributed by atoms with Crippen molar-refractivity contribution < 1.29 is 18.3 Å². The molecule has 0 aliphatic carbocycles. The summed E-state index contributed by atoms with van der Waals surface area (Å²) in [6.07, 6.45) is 1.02. The van der Waals surface area contributed by atoms with E-state index in [1.54, 1.807) is 32.1 Å². The Morgan fingerprint density at radius 3 is 2.55 bits per heavy atom. The normalized spacial score (nSPS) is 11.8. The third kappa shape index (κ3) is 4.87. The van der Waals surface area contributed by atoms with Gasteiger partial charge in [0.1, 0.15) is 11.4 Å². The fourth-order valence-electron chi connectivity index (χ4n) is 2.85. The van der Waals surface area contributed by atoms with Crippen LogP contribution >= 0.6 is 0 Å². The van der Waals surface area contributed by atoms with Crippen LogP contribution in [0.2, 0.25) is 0 Å². The first kappa shape index (κ1) is 20.7. The van der Waals surface area contributed by atoms with E-state index in [1.165, 1.54) is 0 Å². The first-order valence-electron chi connectivity index (χ1n) is 9.37. The van der Waals surface area contributed by atoms with Gasteiger partial charge in [0.05, 0.1) is 11.0 Å². The van der Waals surface area contributed by atoms with Crippen LogP contribution in [0.25, 0.3) is 16.7 Å². The number of hydrogen-bond donors (Lipinski definition) is 2. The lowest BCUT2D eigenvalue weighted by Gasteiger charge is -2.19. The van der Waals surface area contributed by atoms with Gasteiger partial charge in [-0.15, -0.1) is 10.2 Å². The lowest BCUT2D eigenvalue weighted by molar-refractivity contribution is 0.0527. The van der Waals surface area contributed by atoms with Crippen molar-refractivity contribution in [2.75, 3.05) is 18.4 Å². The Hall–Kier alpha value is -3.04. The van der Waals surface area contributed by atoms with Crippen molar-refractivity contribution >= 4 is 28.6 Å². The van der Waals surface area contributed by atoms with Gasteiger partial charge in [-0.1, -0.05) is 0 Å². The van der Waals surface area contributed by atoms with Crippen LogP contribution in [0.3, 0.4) is 0 Å². The number of ether oxygens (including phenoxy) is 1. The number of carbonyl (C=O) groups excluding carboxylic acids is 1. The van der Waals surface area contributed by atoms with Crippen LogP contribution in [0, 0.1) is 18.6 Å². The molecule has 0 unspecified atom stereocenters. The Morgan fingerprint density at radius 2 is 1.83 bits per heavy atom. The van der Waals surface area contributed by atoms with E-state index in [0.717, 1.165) is 25.0 Å². The third-order valence-electron chi connectivity index (χ3n) is 4.09. The second-order valence-corrected chi connectivity index (χ2v) is 7.68. The highest BCUT2D eigenvalue weighted by Gasteiger charge is 2.16. The van der Waals surface area contributed by atoms with Gasteiger partial charge in [0, 0.05) is 25.2 Å². The van der Waals surface area contributed by atoms with Gasteiger partial charge < -0.3 is 15.4 Å². The number of rotatable bonds is 6. The summed E-state index contributed by atoms with van der Waals surface area (Å²) in [6.45, 7) is 8.18. The molecule has 8 nitrogen and oxygen atoms in total. The van der Waals surface area contributed by atoms with E-state index in [4.69, 9.17) is 4.74 Å². The molecule has 2 heterocycles. The Balaban J connectivity index is 1.63. The molecule has 0 fully saturated rings. The molecular formula is C19H24F2N6O2. The Kier molecular flexibility index (Phi) is 5.81. The number of anilines is 1.